The van der Waals surface area contributed by atoms with E-state index in [9.17, 15) is 0 Å². The van der Waals surface area contributed by atoms with Crippen molar-refractivity contribution >= 4 is 0 Å². The molecule has 0 saturated carbocycles. The molecule has 0 aliphatic heterocycles. The molecule has 0 aromatic carbocycles. The second-order valence-electron chi connectivity index (χ2n) is 4.05. The van der Waals surface area contributed by atoms with Crippen LogP contribution in [0.4, 0.5) is 0 Å². The van der Waals surface area contributed by atoms with Crippen molar-refractivity contribution in [1.29, 1.82) is 0 Å². The lowest BCUT2D eigenvalue weighted by Gasteiger charge is -2.20. The fourth-order valence-electron chi connectivity index (χ4n) is 1.49. The molecule has 3 unspecified atom stereocenters. The summed E-state index contributed by atoms with van der Waals surface area (Å²) in [4.78, 5) is 0. The fraction of sp³-hybridized carbons (Fsp3) is 1.00. The van der Waals surface area contributed by atoms with E-state index in [0.29, 0.717) is 5.92 Å². The number of aliphatic hydroxyl groups is 1. The van der Waals surface area contributed by atoms with Crippen LogP contribution in [-0.2, 0) is 9.47 Å². The normalized spacial score (nSPS) is 17.4. The second-order valence-corrected chi connectivity index (χ2v) is 4.05. The van der Waals surface area contributed by atoms with Crippen molar-refractivity contribution < 1.29 is 14.6 Å². The smallest absolute Gasteiger partial charge is 0.157 e. The van der Waals surface area contributed by atoms with Gasteiger partial charge in [0.15, 0.2) is 12.6 Å². The molecule has 3 nitrogen and oxygen atoms in total. The van der Waals surface area contributed by atoms with Crippen LogP contribution in [0.2, 0.25) is 0 Å². The van der Waals surface area contributed by atoms with E-state index in [-0.39, 0.29) is 6.29 Å². The number of unbranched alkanes of at least 4 members (excludes halogenated alkanes) is 1. The predicted octanol–water partition coefficient (Wildman–Crippen LogP) is 2.92. The molecule has 0 saturated heterocycles. The predicted molar refractivity (Wildman–Crippen MR) is 61.5 cm³/mol. The number of aliphatic hydroxyl groups excluding tert-OH is 1. The van der Waals surface area contributed by atoms with Crippen molar-refractivity contribution in [2.45, 2.75) is 66.0 Å². The summed E-state index contributed by atoms with van der Waals surface area (Å²) < 4.78 is 10.6. The molecule has 0 aromatic heterocycles. The molecule has 15 heavy (non-hydrogen) atoms. The molecule has 0 amide bonds. The van der Waals surface area contributed by atoms with Crippen molar-refractivity contribution in [3.63, 3.8) is 0 Å². The number of ether oxygens (including phenoxy) is 2. The average molecular weight is 218 g/mol. The SMILES string of the molecule is CCCCC(CC)COC(C)OC(C)O. The summed E-state index contributed by atoms with van der Waals surface area (Å²) >= 11 is 0. The average Bonchev–Trinajstić information content (AvgIpc) is 2.17. The number of rotatable bonds is 9. The molecule has 0 radical (unpaired) electrons. The maximum Gasteiger partial charge on any atom is 0.157 e. The molecular weight excluding hydrogens is 192 g/mol. The van der Waals surface area contributed by atoms with Gasteiger partial charge in [0.25, 0.3) is 0 Å². The van der Waals surface area contributed by atoms with Crippen LogP contribution in [0.25, 0.3) is 0 Å². The minimum Gasteiger partial charge on any atom is -0.368 e. The van der Waals surface area contributed by atoms with Crippen molar-refractivity contribution in [3.05, 3.63) is 0 Å². The van der Waals surface area contributed by atoms with Crippen LogP contribution in [0.15, 0.2) is 0 Å². The topological polar surface area (TPSA) is 38.7 Å². The van der Waals surface area contributed by atoms with E-state index in [0.717, 1.165) is 13.0 Å². The van der Waals surface area contributed by atoms with Crippen LogP contribution < -0.4 is 0 Å². The van der Waals surface area contributed by atoms with Gasteiger partial charge >= 0.3 is 0 Å². The summed E-state index contributed by atoms with van der Waals surface area (Å²) in [6.07, 6.45) is 3.77. The van der Waals surface area contributed by atoms with Gasteiger partial charge in [-0.15, -0.1) is 0 Å². The van der Waals surface area contributed by atoms with Gasteiger partial charge < -0.3 is 14.6 Å². The minimum atomic E-state index is -0.754. The maximum absolute atomic E-state index is 8.98. The minimum absolute atomic E-state index is 0.319. The van der Waals surface area contributed by atoms with Crippen LogP contribution >= 0.6 is 0 Å². The Morgan fingerprint density at radius 2 is 1.87 bits per heavy atom. The Kier molecular flexibility index (Phi) is 9.06. The molecule has 92 valence electrons. The van der Waals surface area contributed by atoms with Gasteiger partial charge in [-0.3, -0.25) is 0 Å². The monoisotopic (exact) mass is 218 g/mol. The molecule has 0 heterocycles. The molecule has 0 spiro atoms. The zero-order valence-corrected chi connectivity index (χ0v) is 10.5. The highest BCUT2D eigenvalue weighted by atomic mass is 16.7. The summed E-state index contributed by atoms with van der Waals surface area (Å²) in [5.41, 5.74) is 0. The van der Waals surface area contributed by atoms with Gasteiger partial charge in [-0.25, -0.2) is 0 Å². The Hall–Kier alpha value is -0.120. The van der Waals surface area contributed by atoms with E-state index in [1.165, 1.54) is 19.3 Å². The lowest BCUT2D eigenvalue weighted by atomic mass is 10.0. The largest absolute Gasteiger partial charge is 0.368 e. The third-order valence-electron chi connectivity index (χ3n) is 2.50. The highest BCUT2D eigenvalue weighted by Gasteiger charge is 2.10. The number of hydrogen-bond acceptors (Lipinski definition) is 3. The van der Waals surface area contributed by atoms with Gasteiger partial charge in [0, 0.05) is 0 Å². The molecule has 0 aliphatic carbocycles. The van der Waals surface area contributed by atoms with Gasteiger partial charge in [0.05, 0.1) is 6.61 Å². The van der Waals surface area contributed by atoms with Gasteiger partial charge in [0.2, 0.25) is 0 Å². The van der Waals surface area contributed by atoms with Crippen LogP contribution in [0, 0.1) is 5.92 Å². The summed E-state index contributed by atoms with van der Waals surface area (Å²) in [5, 5.41) is 8.98. The Bertz CT molecular complexity index is 137. The molecule has 0 aromatic rings. The molecule has 0 fully saturated rings. The van der Waals surface area contributed by atoms with E-state index >= 15 is 0 Å². The standard InChI is InChI=1S/C12H26O3/c1-5-7-8-12(6-2)9-14-11(4)15-10(3)13/h10-13H,5-9H2,1-4H3. The van der Waals surface area contributed by atoms with E-state index in [4.69, 9.17) is 14.6 Å². The van der Waals surface area contributed by atoms with Crippen molar-refractivity contribution in [2.75, 3.05) is 6.61 Å². The van der Waals surface area contributed by atoms with E-state index in [1.807, 2.05) is 6.92 Å². The zero-order chi connectivity index (χ0) is 11.7. The quantitative estimate of drug-likeness (QED) is 0.605. The van der Waals surface area contributed by atoms with Gasteiger partial charge in [-0.05, 0) is 26.2 Å². The molecule has 3 atom stereocenters. The van der Waals surface area contributed by atoms with Crippen LogP contribution in [0.5, 0.6) is 0 Å². The molecule has 0 aliphatic rings. The Balaban J connectivity index is 3.60. The van der Waals surface area contributed by atoms with Gasteiger partial charge in [-0.1, -0.05) is 33.1 Å². The molecule has 3 heteroatoms. The van der Waals surface area contributed by atoms with Crippen molar-refractivity contribution in [3.8, 4) is 0 Å². The highest BCUT2D eigenvalue weighted by molar-refractivity contribution is 4.56. The first-order valence-electron chi connectivity index (χ1n) is 6.05. The number of hydrogen-bond donors (Lipinski definition) is 1. The van der Waals surface area contributed by atoms with Crippen LogP contribution in [0.3, 0.4) is 0 Å². The molecular formula is C12H26O3. The van der Waals surface area contributed by atoms with Crippen molar-refractivity contribution in [1.82, 2.24) is 0 Å². The summed E-state index contributed by atoms with van der Waals surface area (Å²) in [7, 11) is 0. The van der Waals surface area contributed by atoms with E-state index in [1.54, 1.807) is 6.92 Å². The third-order valence-corrected chi connectivity index (χ3v) is 2.50. The van der Waals surface area contributed by atoms with Crippen molar-refractivity contribution in [2.24, 2.45) is 5.92 Å². The maximum atomic E-state index is 8.98. The van der Waals surface area contributed by atoms with E-state index < -0.39 is 6.29 Å². The Labute approximate surface area is 93.8 Å². The molecule has 1 N–H and O–H groups in total. The lowest BCUT2D eigenvalue weighted by molar-refractivity contribution is -0.217. The highest BCUT2D eigenvalue weighted by Crippen LogP contribution is 2.14. The first-order chi connectivity index (χ1) is 7.10. The van der Waals surface area contributed by atoms with Crippen LogP contribution in [-0.4, -0.2) is 24.3 Å². The Morgan fingerprint density at radius 3 is 2.33 bits per heavy atom. The lowest BCUT2D eigenvalue weighted by Crippen LogP contribution is -2.22. The van der Waals surface area contributed by atoms with Crippen LogP contribution in [0.1, 0.15) is 53.4 Å². The molecule has 0 bridgehead atoms. The summed E-state index contributed by atoms with van der Waals surface area (Å²) in [5.74, 6) is 0.616. The van der Waals surface area contributed by atoms with E-state index in [2.05, 4.69) is 13.8 Å². The third kappa shape index (κ3) is 8.85. The van der Waals surface area contributed by atoms with Gasteiger partial charge in [0.1, 0.15) is 0 Å². The summed E-state index contributed by atoms with van der Waals surface area (Å²) in [6.45, 7) is 8.52. The molecule has 0 rings (SSSR count). The Morgan fingerprint density at radius 1 is 1.20 bits per heavy atom. The second kappa shape index (κ2) is 9.13. The fourth-order valence-corrected chi connectivity index (χ4v) is 1.49. The first kappa shape index (κ1) is 14.9. The first-order valence-corrected chi connectivity index (χ1v) is 6.05. The zero-order valence-electron chi connectivity index (χ0n) is 10.5. The summed E-state index contributed by atoms with van der Waals surface area (Å²) in [6, 6.07) is 0. The van der Waals surface area contributed by atoms with Gasteiger partial charge in [-0.2, -0.15) is 0 Å².